The molecule has 0 aromatic rings. The lowest BCUT2D eigenvalue weighted by Gasteiger charge is -2.51. The Labute approximate surface area is 120 Å². The Morgan fingerprint density at radius 1 is 1.10 bits per heavy atom. The van der Waals surface area contributed by atoms with E-state index in [9.17, 15) is 9.90 Å². The molecule has 20 heavy (non-hydrogen) atoms. The van der Waals surface area contributed by atoms with Gasteiger partial charge in [-0.05, 0) is 60.8 Å². The number of aliphatic hydroxyl groups excluding tert-OH is 1. The Hall–Kier alpha value is -0.890. The molecule has 0 radical (unpaired) electrons. The van der Waals surface area contributed by atoms with E-state index < -0.39 is 6.10 Å². The molecule has 0 aromatic heterocycles. The number of carbonyl (C=O) groups excluding carboxylic acids is 1. The molecule has 2 fully saturated rings. The quantitative estimate of drug-likeness (QED) is 0.688. The van der Waals surface area contributed by atoms with Gasteiger partial charge in [-0.1, -0.05) is 31.6 Å². The van der Waals surface area contributed by atoms with Crippen LogP contribution in [0.4, 0.5) is 0 Å². The van der Waals surface area contributed by atoms with Crippen molar-refractivity contribution in [2.24, 2.45) is 35.0 Å². The van der Waals surface area contributed by atoms with Gasteiger partial charge in [-0.15, -0.1) is 0 Å². The molecule has 0 aromatic carbocycles. The van der Waals surface area contributed by atoms with E-state index in [1.165, 1.54) is 32.1 Å². The van der Waals surface area contributed by atoms with Crippen LogP contribution in [0.2, 0.25) is 0 Å². The van der Waals surface area contributed by atoms with Crippen molar-refractivity contribution in [1.82, 2.24) is 0 Å². The minimum atomic E-state index is -0.806. The van der Waals surface area contributed by atoms with E-state index in [1.54, 1.807) is 6.08 Å². The van der Waals surface area contributed by atoms with Crippen LogP contribution in [0.25, 0.3) is 0 Å². The van der Waals surface area contributed by atoms with Crippen LogP contribution in [0.15, 0.2) is 24.3 Å². The number of aliphatic hydroxyl groups is 1. The fourth-order valence-electron chi connectivity index (χ4n) is 5.69. The van der Waals surface area contributed by atoms with Gasteiger partial charge in [0.05, 0.1) is 0 Å². The predicted molar refractivity (Wildman–Crippen MR) is 77.9 cm³/mol. The van der Waals surface area contributed by atoms with Crippen molar-refractivity contribution in [3.8, 4) is 0 Å². The van der Waals surface area contributed by atoms with Crippen molar-refractivity contribution in [3.63, 3.8) is 0 Å². The topological polar surface area (TPSA) is 37.3 Å². The first-order valence-corrected chi connectivity index (χ1v) is 8.19. The number of fused-ring (bicyclic) bond motifs is 5. The Morgan fingerprint density at radius 2 is 1.90 bits per heavy atom. The fourth-order valence-corrected chi connectivity index (χ4v) is 5.69. The smallest absolute Gasteiger partial charge is 0.184 e. The van der Waals surface area contributed by atoms with E-state index in [0.717, 1.165) is 5.92 Å². The van der Waals surface area contributed by atoms with Crippen LogP contribution in [0.1, 0.15) is 39.0 Å². The van der Waals surface area contributed by atoms with E-state index in [2.05, 4.69) is 25.2 Å². The van der Waals surface area contributed by atoms with Gasteiger partial charge < -0.3 is 5.11 Å². The number of carbonyl (C=O) groups is 1. The molecule has 2 nitrogen and oxygen atoms in total. The van der Waals surface area contributed by atoms with Gasteiger partial charge in [0.25, 0.3) is 0 Å². The van der Waals surface area contributed by atoms with Gasteiger partial charge in [0.2, 0.25) is 0 Å². The van der Waals surface area contributed by atoms with Gasteiger partial charge in [0, 0.05) is 5.92 Å². The van der Waals surface area contributed by atoms with Crippen LogP contribution in [0, 0.1) is 35.0 Å². The van der Waals surface area contributed by atoms with Crippen LogP contribution < -0.4 is 0 Å². The normalized spacial score (nSPS) is 53.4. The summed E-state index contributed by atoms with van der Waals surface area (Å²) in [6.07, 6.45) is 14.1. The highest BCUT2D eigenvalue weighted by molar-refractivity contribution is 5.94. The molecule has 0 bridgehead atoms. The molecule has 1 N–H and O–H groups in total. The first kappa shape index (κ1) is 12.8. The lowest BCUT2D eigenvalue weighted by atomic mass is 9.53. The van der Waals surface area contributed by atoms with Gasteiger partial charge in [-0.2, -0.15) is 0 Å². The average Bonchev–Trinajstić information content (AvgIpc) is 2.84. The molecule has 0 spiro atoms. The molecule has 0 amide bonds. The molecule has 108 valence electrons. The van der Waals surface area contributed by atoms with E-state index >= 15 is 0 Å². The summed E-state index contributed by atoms with van der Waals surface area (Å²) < 4.78 is 0. The number of rotatable bonds is 0. The number of allylic oxidation sites excluding steroid dienone is 2. The van der Waals surface area contributed by atoms with E-state index in [1.807, 2.05) is 0 Å². The Bertz CT molecular complexity index is 492. The summed E-state index contributed by atoms with van der Waals surface area (Å²) in [6.45, 7) is 2.48. The standard InChI is InChI=1S/C18H24O2/c1-18-9-2-3-15(18)13-4-5-14-11(12(13)8-10-18)6-7-16(19)17(14)20/h4-7,11-15,17,20H,2-3,8-10H2,1H3/t11-,12-,13-,14?,15+,17?,18+/m1/s1. The molecule has 4 aliphatic carbocycles. The number of ketones is 1. The van der Waals surface area contributed by atoms with Gasteiger partial charge >= 0.3 is 0 Å². The van der Waals surface area contributed by atoms with Crippen LogP contribution in [-0.2, 0) is 4.79 Å². The van der Waals surface area contributed by atoms with E-state index in [4.69, 9.17) is 0 Å². The van der Waals surface area contributed by atoms with E-state index in [0.29, 0.717) is 23.2 Å². The molecular weight excluding hydrogens is 248 g/mol. The Balaban J connectivity index is 1.69. The predicted octanol–water partition coefficient (Wildman–Crippen LogP) is 3.12. The molecule has 0 saturated heterocycles. The molecule has 0 heterocycles. The molecule has 4 aliphatic rings. The van der Waals surface area contributed by atoms with Crippen LogP contribution in [-0.4, -0.2) is 17.0 Å². The highest BCUT2D eigenvalue weighted by Crippen LogP contribution is 2.60. The van der Waals surface area contributed by atoms with E-state index in [-0.39, 0.29) is 11.7 Å². The van der Waals surface area contributed by atoms with Crippen LogP contribution in [0.5, 0.6) is 0 Å². The first-order chi connectivity index (χ1) is 9.60. The minimum Gasteiger partial charge on any atom is -0.384 e. The molecular formula is C18H24O2. The second-order valence-electron chi connectivity index (χ2n) is 7.68. The Kier molecular flexibility index (Phi) is 2.76. The third-order valence-corrected chi connectivity index (χ3v) is 6.80. The first-order valence-electron chi connectivity index (χ1n) is 8.19. The van der Waals surface area contributed by atoms with Crippen molar-refractivity contribution < 1.29 is 9.90 Å². The maximum atomic E-state index is 11.7. The monoisotopic (exact) mass is 272 g/mol. The van der Waals surface area contributed by atoms with Crippen LogP contribution >= 0.6 is 0 Å². The zero-order chi connectivity index (χ0) is 13.9. The third-order valence-electron chi connectivity index (χ3n) is 6.80. The highest BCUT2D eigenvalue weighted by Gasteiger charge is 2.52. The zero-order valence-corrected chi connectivity index (χ0v) is 12.2. The van der Waals surface area contributed by atoms with Gasteiger partial charge in [0.1, 0.15) is 6.10 Å². The maximum absolute atomic E-state index is 11.7. The summed E-state index contributed by atoms with van der Waals surface area (Å²) in [5.74, 6) is 2.42. The summed E-state index contributed by atoms with van der Waals surface area (Å²) in [7, 11) is 0. The largest absolute Gasteiger partial charge is 0.384 e. The fraction of sp³-hybridized carbons (Fsp3) is 0.722. The summed E-state index contributed by atoms with van der Waals surface area (Å²) in [5.41, 5.74) is 0.547. The minimum absolute atomic E-state index is 0.0273. The van der Waals surface area contributed by atoms with Gasteiger partial charge in [-0.3, -0.25) is 4.79 Å². The lowest BCUT2D eigenvalue weighted by Crippen LogP contribution is -2.47. The SMILES string of the molecule is C[C@@]12CCC[C@H]1[C@@H]1C=CC3C(O)C(=O)C=C[C@@H]3[C@H]1CC2. The van der Waals surface area contributed by atoms with Crippen molar-refractivity contribution in [2.45, 2.75) is 45.1 Å². The zero-order valence-electron chi connectivity index (χ0n) is 12.2. The van der Waals surface area contributed by atoms with Gasteiger partial charge in [0.15, 0.2) is 5.78 Å². The molecule has 2 unspecified atom stereocenters. The molecule has 2 saturated carbocycles. The Morgan fingerprint density at radius 3 is 2.75 bits per heavy atom. The van der Waals surface area contributed by atoms with Crippen molar-refractivity contribution in [1.29, 1.82) is 0 Å². The van der Waals surface area contributed by atoms with Crippen molar-refractivity contribution in [2.75, 3.05) is 0 Å². The molecule has 4 rings (SSSR count). The van der Waals surface area contributed by atoms with Crippen molar-refractivity contribution in [3.05, 3.63) is 24.3 Å². The molecule has 7 atom stereocenters. The molecule has 2 heteroatoms. The van der Waals surface area contributed by atoms with Crippen molar-refractivity contribution >= 4 is 5.78 Å². The van der Waals surface area contributed by atoms with Crippen LogP contribution in [0.3, 0.4) is 0 Å². The highest BCUT2D eigenvalue weighted by atomic mass is 16.3. The summed E-state index contributed by atoms with van der Waals surface area (Å²) >= 11 is 0. The number of hydrogen-bond acceptors (Lipinski definition) is 2. The van der Waals surface area contributed by atoms with Gasteiger partial charge in [-0.25, -0.2) is 0 Å². The summed E-state index contributed by atoms with van der Waals surface area (Å²) in [5, 5.41) is 10.1. The second kappa shape index (κ2) is 4.30. The average molecular weight is 272 g/mol. The lowest BCUT2D eigenvalue weighted by molar-refractivity contribution is -0.126. The third kappa shape index (κ3) is 1.64. The molecule has 0 aliphatic heterocycles. The maximum Gasteiger partial charge on any atom is 0.184 e. The summed E-state index contributed by atoms with van der Waals surface area (Å²) in [4.78, 5) is 11.7. The number of hydrogen-bond donors (Lipinski definition) is 1. The summed E-state index contributed by atoms with van der Waals surface area (Å²) in [6, 6.07) is 0. The second-order valence-corrected chi connectivity index (χ2v) is 7.68.